The van der Waals surface area contributed by atoms with Crippen molar-refractivity contribution >= 4 is 7.60 Å². The van der Waals surface area contributed by atoms with E-state index in [0.29, 0.717) is 6.61 Å². The van der Waals surface area contributed by atoms with Crippen LogP contribution in [0.4, 0.5) is 0 Å². The van der Waals surface area contributed by atoms with E-state index in [1.165, 1.54) is 83.5 Å². The molecule has 0 saturated heterocycles. The SMILES string of the molecule is CCCCCCCC/C=C\CCCCCCCCOP(=O)(O)C1CCCCC1. The van der Waals surface area contributed by atoms with Gasteiger partial charge in [-0.2, -0.15) is 0 Å². The third-order valence-corrected chi connectivity index (χ3v) is 7.96. The van der Waals surface area contributed by atoms with Gasteiger partial charge in [-0.05, 0) is 44.9 Å². The van der Waals surface area contributed by atoms with Gasteiger partial charge in [0, 0.05) is 0 Å². The smallest absolute Gasteiger partial charge is 0.324 e. The Hall–Kier alpha value is -0.110. The molecule has 4 heteroatoms. The van der Waals surface area contributed by atoms with Crippen LogP contribution in [0, 0.1) is 0 Å². The van der Waals surface area contributed by atoms with Gasteiger partial charge in [0.1, 0.15) is 0 Å². The van der Waals surface area contributed by atoms with E-state index >= 15 is 0 Å². The van der Waals surface area contributed by atoms with E-state index in [1.54, 1.807) is 0 Å². The van der Waals surface area contributed by atoms with E-state index in [1.807, 2.05) is 0 Å². The molecule has 0 amide bonds. The molecule has 3 nitrogen and oxygen atoms in total. The number of rotatable bonds is 18. The molecule has 0 aromatic rings. The molecule has 0 aromatic carbocycles. The normalized spacial score (nSPS) is 17.9. The third kappa shape index (κ3) is 14.0. The summed E-state index contributed by atoms with van der Waals surface area (Å²) in [7, 11) is -3.37. The summed E-state index contributed by atoms with van der Waals surface area (Å²) in [6, 6.07) is 0. The molecule has 0 bridgehead atoms. The van der Waals surface area contributed by atoms with Gasteiger partial charge in [-0.25, -0.2) is 0 Å². The number of hydrogen-bond donors (Lipinski definition) is 1. The zero-order chi connectivity index (χ0) is 20.3. The van der Waals surface area contributed by atoms with E-state index in [9.17, 15) is 9.46 Å². The summed E-state index contributed by atoms with van der Waals surface area (Å²) in [5.74, 6) is 0. The molecule has 0 heterocycles. The highest BCUT2D eigenvalue weighted by atomic mass is 31.2. The van der Waals surface area contributed by atoms with Crippen molar-refractivity contribution in [3.63, 3.8) is 0 Å². The summed E-state index contributed by atoms with van der Waals surface area (Å²) in [5, 5.41) is 0. The highest BCUT2D eigenvalue weighted by Gasteiger charge is 2.32. The van der Waals surface area contributed by atoms with Gasteiger partial charge in [0.25, 0.3) is 0 Å². The molecule has 0 aliphatic heterocycles. The predicted octanol–water partition coefficient (Wildman–Crippen LogP) is 8.56. The predicted molar refractivity (Wildman–Crippen MR) is 122 cm³/mol. The van der Waals surface area contributed by atoms with E-state index in [0.717, 1.165) is 38.5 Å². The lowest BCUT2D eigenvalue weighted by Gasteiger charge is -2.25. The molecule has 166 valence electrons. The Balaban J connectivity index is 1.82. The first kappa shape index (κ1) is 25.9. The van der Waals surface area contributed by atoms with Crippen LogP contribution >= 0.6 is 7.60 Å². The summed E-state index contributed by atoms with van der Waals surface area (Å²) >= 11 is 0. The second-order valence-electron chi connectivity index (χ2n) is 8.63. The van der Waals surface area contributed by atoms with Crippen molar-refractivity contribution in [2.45, 2.75) is 135 Å². The molecule has 1 aliphatic carbocycles. The molecule has 1 aliphatic rings. The third-order valence-electron chi connectivity index (χ3n) is 5.97. The quantitative estimate of drug-likeness (QED) is 0.139. The summed E-state index contributed by atoms with van der Waals surface area (Å²) < 4.78 is 17.6. The van der Waals surface area contributed by atoms with Gasteiger partial charge in [-0.3, -0.25) is 4.57 Å². The molecule has 0 spiro atoms. The van der Waals surface area contributed by atoms with Crippen LogP contribution in [-0.4, -0.2) is 17.2 Å². The lowest BCUT2D eigenvalue weighted by molar-refractivity contribution is 0.237. The Morgan fingerprint density at radius 3 is 1.86 bits per heavy atom. The molecular formula is C24H47O3P. The number of unbranched alkanes of at least 4 members (excludes halogenated alkanes) is 12. The van der Waals surface area contributed by atoms with Crippen molar-refractivity contribution in [2.24, 2.45) is 0 Å². The Labute approximate surface area is 175 Å². The van der Waals surface area contributed by atoms with Gasteiger partial charge >= 0.3 is 7.60 Å². The van der Waals surface area contributed by atoms with Gasteiger partial charge in [0.05, 0.1) is 12.3 Å². The zero-order valence-electron chi connectivity index (χ0n) is 18.6. The fourth-order valence-electron chi connectivity index (χ4n) is 4.06. The Bertz CT molecular complexity index is 416. The Morgan fingerprint density at radius 1 is 0.786 bits per heavy atom. The average molecular weight is 415 g/mol. The highest BCUT2D eigenvalue weighted by Crippen LogP contribution is 2.52. The van der Waals surface area contributed by atoms with Gasteiger partial charge in [-0.15, -0.1) is 0 Å². The maximum atomic E-state index is 12.3. The summed E-state index contributed by atoms with van der Waals surface area (Å²) in [5.41, 5.74) is -0.102. The molecule has 1 saturated carbocycles. The first-order chi connectivity index (χ1) is 13.7. The second kappa shape index (κ2) is 17.7. The van der Waals surface area contributed by atoms with Crippen LogP contribution in [0.5, 0.6) is 0 Å². The molecule has 1 N–H and O–H groups in total. The van der Waals surface area contributed by atoms with Gasteiger partial charge in [0.15, 0.2) is 0 Å². The fourth-order valence-corrected chi connectivity index (χ4v) is 5.68. The summed E-state index contributed by atoms with van der Waals surface area (Å²) in [6.07, 6.45) is 27.6. The molecule has 1 rings (SSSR count). The van der Waals surface area contributed by atoms with Crippen LogP contribution < -0.4 is 0 Å². The second-order valence-corrected chi connectivity index (χ2v) is 10.7. The lowest BCUT2D eigenvalue weighted by Crippen LogP contribution is -2.14. The number of allylic oxidation sites excluding steroid dienone is 2. The molecule has 0 aromatic heterocycles. The maximum Gasteiger partial charge on any atom is 0.331 e. The first-order valence-electron chi connectivity index (χ1n) is 12.3. The molecule has 0 radical (unpaired) electrons. The highest BCUT2D eigenvalue weighted by molar-refractivity contribution is 7.53. The topological polar surface area (TPSA) is 46.5 Å². The zero-order valence-corrected chi connectivity index (χ0v) is 19.5. The van der Waals surface area contributed by atoms with Crippen molar-refractivity contribution < 1.29 is 14.0 Å². The Morgan fingerprint density at radius 2 is 1.29 bits per heavy atom. The molecule has 1 unspecified atom stereocenters. The molecule has 1 atom stereocenters. The number of hydrogen-bond acceptors (Lipinski definition) is 2. The summed E-state index contributed by atoms with van der Waals surface area (Å²) in [4.78, 5) is 10.1. The lowest BCUT2D eigenvalue weighted by atomic mass is 10.0. The van der Waals surface area contributed by atoms with E-state index < -0.39 is 7.60 Å². The first-order valence-corrected chi connectivity index (χ1v) is 13.9. The Kier molecular flexibility index (Phi) is 16.4. The van der Waals surface area contributed by atoms with Crippen molar-refractivity contribution in [1.29, 1.82) is 0 Å². The van der Waals surface area contributed by atoms with Gasteiger partial charge < -0.3 is 9.42 Å². The standard InChI is InChI=1S/C24H47O3P/c1-2-3-4-5-6-7-8-9-10-11-12-13-14-15-16-20-23-27-28(25,26)24-21-18-17-19-22-24/h9-10,24H,2-8,11-23H2,1H3,(H,25,26)/b10-9-. The van der Waals surface area contributed by atoms with Gasteiger partial charge in [-0.1, -0.05) is 96.1 Å². The van der Waals surface area contributed by atoms with Crippen LogP contribution in [-0.2, 0) is 9.09 Å². The van der Waals surface area contributed by atoms with Crippen LogP contribution in [0.1, 0.15) is 129 Å². The molecular weight excluding hydrogens is 367 g/mol. The average Bonchev–Trinajstić information content (AvgIpc) is 2.71. The van der Waals surface area contributed by atoms with Crippen molar-refractivity contribution in [1.82, 2.24) is 0 Å². The van der Waals surface area contributed by atoms with Crippen molar-refractivity contribution in [2.75, 3.05) is 6.61 Å². The van der Waals surface area contributed by atoms with Crippen LogP contribution in [0.15, 0.2) is 12.2 Å². The minimum atomic E-state index is -3.37. The fraction of sp³-hybridized carbons (Fsp3) is 0.917. The van der Waals surface area contributed by atoms with E-state index in [-0.39, 0.29) is 5.66 Å². The molecule has 28 heavy (non-hydrogen) atoms. The maximum absolute atomic E-state index is 12.3. The minimum Gasteiger partial charge on any atom is -0.324 e. The minimum absolute atomic E-state index is 0.102. The van der Waals surface area contributed by atoms with E-state index in [4.69, 9.17) is 4.52 Å². The molecule has 1 fully saturated rings. The van der Waals surface area contributed by atoms with Crippen LogP contribution in [0.3, 0.4) is 0 Å². The van der Waals surface area contributed by atoms with Crippen LogP contribution in [0.2, 0.25) is 0 Å². The van der Waals surface area contributed by atoms with Gasteiger partial charge in [0.2, 0.25) is 0 Å². The summed E-state index contributed by atoms with van der Waals surface area (Å²) in [6.45, 7) is 2.72. The van der Waals surface area contributed by atoms with E-state index in [2.05, 4.69) is 19.1 Å². The van der Waals surface area contributed by atoms with Crippen LogP contribution in [0.25, 0.3) is 0 Å². The monoisotopic (exact) mass is 414 g/mol. The van der Waals surface area contributed by atoms with Crippen molar-refractivity contribution in [3.05, 3.63) is 12.2 Å². The van der Waals surface area contributed by atoms with Crippen molar-refractivity contribution in [3.8, 4) is 0 Å². The largest absolute Gasteiger partial charge is 0.331 e.